The summed E-state index contributed by atoms with van der Waals surface area (Å²) in [4.78, 5) is 4.91. The van der Waals surface area contributed by atoms with Gasteiger partial charge in [0.25, 0.3) is 0 Å². The largest absolute Gasteiger partial charge is 0.396 e. The molecule has 0 aliphatic rings. The Morgan fingerprint density at radius 3 is 2.42 bits per heavy atom. The zero-order valence-corrected chi connectivity index (χ0v) is 16.8. The molecule has 0 spiro atoms. The fraction of sp³-hybridized carbons (Fsp3) is 0.318. The number of hydrogen-bond donors (Lipinski definition) is 1. The van der Waals surface area contributed by atoms with E-state index in [9.17, 15) is 0 Å². The molecule has 2 aromatic heterocycles. The molecule has 0 saturated heterocycles. The van der Waals surface area contributed by atoms with Crippen molar-refractivity contribution in [1.29, 1.82) is 0 Å². The number of pyridine rings is 1. The lowest BCUT2D eigenvalue weighted by atomic mass is 10.0. The predicted molar refractivity (Wildman–Crippen MR) is 112 cm³/mol. The van der Waals surface area contributed by atoms with E-state index in [1.165, 1.54) is 22.5 Å². The highest BCUT2D eigenvalue weighted by atomic mass is 32.1. The first-order chi connectivity index (χ1) is 12.5. The van der Waals surface area contributed by atoms with Crippen molar-refractivity contribution in [2.45, 2.75) is 26.7 Å². The van der Waals surface area contributed by atoms with Gasteiger partial charge in [0.05, 0.1) is 19.8 Å². The van der Waals surface area contributed by atoms with E-state index >= 15 is 0 Å². The molecule has 26 heavy (non-hydrogen) atoms. The van der Waals surface area contributed by atoms with E-state index in [4.69, 9.17) is 10.1 Å². The molecule has 0 unspecified atom stereocenters. The Balaban J connectivity index is 2.09. The van der Waals surface area contributed by atoms with Crippen molar-refractivity contribution in [3.8, 4) is 11.3 Å². The molecule has 4 heteroatoms. The Bertz CT molecular complexity index is 868. The van der Waals surface area contributed by atoms with Gasteiger partial charge in [-0.25, -0.2) is 0 Å². The lowest BCUT2D eigenvalue weighted by molar-refractivity contribution is 0.299. The molecule has 136 valence electrons. The monoisotopic (exact) mass is 367 g/mol. The van der Waals surface area contributed by atoms with Crippen LogP contribution in [0, 0.1) is 6.92 Å². The summed E-state index contributed by atoms with van der Waals surface area (Å²) in [7, 11) is 4.44. The van der Waals surface area contributed by atoms with Gasteiger partial charge in [-0.1, -0.05) is 19.1 Å². The first-order valence-electron chi connectivity index (χ1n) is 9.05. The number of nitrogens with zero attached hydrogens (tertiary/aromatic N) is 2. The van der Waals surface area contributed by atoms with Crippen molar-refractivity contribution in [3.05, 3.63) is 64.0 Å². The lowest BCUT2D eigenvalue weighted by Crippen LogP contribution is -2.35. The third-order valence-electron chi connectivity index (χ3n) is 5.08. The fourth-order valence-electron chi connectivity index (χ4n) is 3.43. The summed E-state index contributed by atoms with van der Waals surface area (Å²) >= 11 is 1.70. The fourth-order valence-corrected chi connectivity index (χ4v) is 4.08. The second-order valence-corrected chi connectivity index (χ2v) is 7.84. The topological polar surface area (TPSA) is 33.1 Å². The van der Waals surface area contributed by atoms with Gasteiger partial charge < -0.3 is 5.11 Å². The Kier molecular flexibility index (Phi) is 5.56. The van der Waals surface area contributed by atoms with E-state index in [1.54, 1.807) is 11.3 Å². The minimum atomic E-state index is 0.185. The summed E-state index contributed by atoms with van der Waals surface area (Å²) in [5.41, 5.74) is 8.31. The Morgan fingerprint density at radius 1 is 1.12 bits per heavy atom. The Labute approximate surface area is 160 Å². The molecule has 0 saturated carbocycles. The Hall–Kier alpha value is -2.01. The van der Waals surface area contributed by atoms with Gasteiger partial charge in [0.15, 0.2) is 0 Å². The number of aliphatic hydroxyl groups is 1. The van der Waals surface area contributed by atoms with Gasteiger partial charge >= 0.3 is 0 Å². The van der Waals surface area contributed by atoms with E-state index in [0.29, 0.717) is 10.9 Å². The van der Waals surface area contributed by atoms with Crippen molar-refractivity contribution in [3.63, 3.8) is 0 Å². The normalized spacial score (nSPS) is 11.7. The minimum Gasteiger partial charge on any atom is -0.396 e. The van der Waals surface area contributed by atoms with Gasteiger partial charge in [-0.3, -0.25) is 9.47 Å². The van der Waals surface area contributed by atoms with Gasteiger partial charge in [0.2, 0.25) is 0 Å². The SMILES string of the molecule is CCc1nc(-c2ccsc2)cc([N+](C)(C)c2ccc(CCO)cc2)c1C. The molecule has 2 heterocycles. The van der Waals surface area contributed by atoms with Crippen LogP contribution in [-0.2, 0) is 12.8 Å². The third-order valence-corrected chi connectivity index (χ3v) is 5.77. The van der Waals surface area contributed by atoms with Gasteiger partial charge in [0.1, 0.15) is 11.4 Å². The number of aliphatic hydroxyl groups excluding tert-OH is 1. The van der Waals surface area contributed by atoms with Crippen LogP contribution >= 0.6 is 11.3 Å². The summed E-state index contributed by atoms with van der Waals surface area (Å²) in [6, 6.07) is 12.9. The van der Waals surface area contributed by atoms with Gasteiger partial charge in [-0.15, -0.1) is 0 Å². The molecule has 0 aliphatic carbocycles. The summed E-state index contributed by atoms with van der Waals surface area (Å²) in [6.45, 7) is 4.53. The minimum absolute atomic E-state index is 0.185. The van der Waals surface area contributed by atoms with Crippen LogP contribution in [0.2, 0.25) is 0 Å². The average molecular weight is 368 g/mol. The van der Waals surface area contributed by atoms with Crippen molar-refractivity contribution in [2.24, 2.45) is 0 Å². The van der Waals surface area contributed by atoms with Crippen molar-refractivity contribution in [2.75, 3.05) is 20.7 Å². The molecule has 0 fully saturated rings. The standard InChI is InChI=1S/C22H27N2OS/c1-5-20-16(2)22(14-21(23-20)18-11-13-26-15-18)24(3,4)19-8-6-17(7-9-19)10-12-25/h6-9,11,13-15,25H,5,10,12H2,1-4H3/q+1. The van der Waals surface area contributed by atoms with Crippen LogP contribution in [0.3, 0.4) is 0 Å². The van der Waals surface area contributed by atoms with E-state index in [0.717, 1.165) is 23.4 Å². The van der Waals surface area contributed by atoms with Gasteiger partial charge in [0, 0.05) is 34.9 Å². The predicted octanol–water partition coefficient (Wildman–Crippen LogP) is 5.11. The number of hydrogen-bond acceptors (Lipinski definition) is 3. The highest BCUT2D eigenvalue weighted by Gasteiger charge is 2.27. The number of quaternary nitrogens is 1. The second-order valence-electron chi connectivity index (χ2n) is 7.06. The zero-order chi connectivity index (χ0) is 18.7. The summed E-state index contributed by atoms with van der Waals surface area (Å²) in [5, 5.41) is 13.4. The van der Waals surface area contributed by atoms with Gasteiger partial charge in [-0.05, 0) is 48.9 Å². The number of thiophene rings is 1. The zero-order valence-electron chi connectivity index (χ0n) is 16.0. The maximum absolute atomic E-state index is 9.13. The number of benzene rings is 1. The number of aromatic nitrogens is 1. The highest BCUT2D eigenvalue weighted by molar-refractivity contribution is 7.08. The number of aryl methyl sites for hydroxylation is 1. The van der Waals surface area contributed by atoms with E-state index < -0.39 is 0 Å². The van der Waals surface area contributed by atoms with Crippen LogP contribution in [-0.4, -0.2) is 30.8 Å². The molecular weight excluding hydrogens is 340 g/mol. The molecule has 0 amide bonds. The summed E-state index contributed by atoms with van der Waals surface area (Å²) in [6.07, 6.45) is 1.62. The second kappa shape index (κ2) is 7.70. The quantitative estimate of drug-likeness (QED) is 0.614. The van der Waals surface area contributed by atoms with Crippen molar-refractivity contribution >= 4 is 22.7 Å². The van der Waals surface area contributed by atoms with Crippen LogP contribution in [0.1, 0.15) is 23.7 Å². The molecule has 3 aromatic rings. The molecule has 3 rings (SSSR count). The van der Waals surface area contributed by atoms with E-state index in [-0.39, 0.29) is 6.61 Å². The van der Waals surface area contributed by atoms with Crippen LogP contribution in [0.15, 0.2) is 47.2 Å². The lowest BCUT2D eigenvalue weighted by Gasteiger charge is -2.31. The first-order valence-corrected chi connectivity index (χ1v) is 9.99. The molecular formula is C22H27N2OS+. The third kappa shape index (κ3) is 3.58. The van der Waals surface area contributed by atoms with Crippen LogP contribution in [0.25, 0.3) is 11.3 Å². The molecule has 0 radical (unpaired) electrons. The molecule has 1 N–H and O–H groups in total. The first kappa shape index (κ1) is 18.8. The molecule has 0 bridgehead atoms. The summed E-state index contributed by atoms with van der Waals surface area (Å²) < 4.78 is 0.665. The summed E-state index contributed by atoms with van der Waals surface area (Å²) in [5.74, 6) is 0. The molecule has 0 atom stereocenters. The van der Waals surface area contributed by atoms with Crippen molar-refractivity contribution in [1.82, 2.24) is 9.47 Å². The van der Waals surface area contributed by atoms with Crippen LogP contribution in [0.4, 0.5) is 11.4 Å². The van der Waals surface area contributed by atoms with Crippen LogP contribution < -0.4 is 4.48 Å². The Morgan fingerprint density at radius 2 is 1.85 bits per heavy atom. The smallest absolute Gasteiger partial charge is 0.144 e. The molecule has 0 aliphatic heterocycles. The maximum atomic E-state index is 9.13. The van der Waals surface area contributed by atoms with Crippen LogP contribution in [0.5, 0.6) is 0 Å². The highest BCUT2D eigenvalue weighted by Crippen LogP contribution is 2.37. The maximum Gasteiger partial charge on any atom is 0.144 e. The molecule has 1 aromatic carbocycles. The van der Waals surface area contributed by atoms with E-state index in [2.05, 4.69) is 75.1 Å². The van der Waals surface area contributed by atoms with Crippen molar-refractivity contribution < 1.29 is 5.11 Å². The number of rotatable bonds is 6. The van der Waals surface area contributed by atoms with E-state index in [1.807, 2.05) is 0 Å². The molecule has 3 nitrogen and oxygen atoms in total. The average Bonchev–Trinajstić information content (AvgIpc) is 3.17. The van der Waals surface area contributed by atoms with Gasteiger partial charge in [-0.2, -0.15) is 11.3 Å².